The Morgan fingerprint density at radius 2 is 1.84 bits per heavy atom. The number of hydrogen-bond acceptors (Lipinski definition) is 2. The van der Waals surface area contributed by atoms with E-state index < -0.39 is 0 Å². The van der Waals surface area contributed by atoms with Crippen molar-refractivity contribution >= 4 is 35.6 Å². The molecule has 0 aliphatic carbocycles. The topological polar surface area (TPSA) is 59.6 Å². The maximum atomic E-state index is 5.96. The molecule has 0 radical (unpaired) electrons. The first kappa shape index (κ1) is 21.4. The molecule has 0 spiro atoms. The molecule has 136 valence electrons. The van der Waals surface area contributed by atoms with E-state index in [1.54, 1.807) is 0 Å². The van der Waals surface area contributed by atoms with Crippen LogP contribution in [-0.2, 0) is 11.3 Å². The lowest BCUT2D eigenvalue weighted by molar-refractivity contribution is 0.0945. The van der Waals surface area contributed by atoms with Gasteiger partial charge in [0.15, 0.2) is 5.96 Å². The second-order valence-corrected chi connectivity index (χ2v) is 6.26. The third-order valence-electron chi connectivity index (χ3n) is 3.87. The number of nitrogens with zero attached hydrogens (tertiary/aromatic N) is 1. The van der Waals surface area contributed by atoms with Crippen LogP contribution in [0.3, 0.4) is 0 Å². The molecule has 0 bridgehead atoms. The minimum Gasteiger partial charge on any atom is -0.376 e. The normalized spacial score (nSPS) is 12.4. The minimum absolute atomic E-state index is 0. The van der Waals surface area contributed by atoms with E-state index in [0.717, 1.165) is 5.69 Å². The second-order valence-electron chi connectivity index (χ2n) is 6.26. The summed E-state index contributed by atoms with van der Waals surface area (Å²) in [7, 11) is 0. The maximum absolute atomic E-state index is 5.96. The molecule has 4 nitrogen and oxygen atoms in total. The number of nitrogens with one attached hydrogen (secondary N) is 1. The Hall–Kier alpha value is -1.60. The van der Waals surface area contributed by atoms with E-state index in [1.807, 2.05) is 24.3 Å². The molecule has 0 saturated carbocycles. The van der Waals surface area contributed by atoms with E-state index in [2.05, 4.69) is 55.3 Å². The van der Waals surface area contributed by atoms with Crippen LogP contribution in [0.1, 0.15) is 23.6 Å². The Kier molecular flexibility index (Phi) is 9.52. The number of hydrogen-bond donors (Lipinski definition) is 2. The summed E-state index contributed by atoms with van der Waals surface area (Å²) in [4.78, 5) is 4.40. The van der Waals surface area contributed by atoms with E-state index in [-0.39, 0.29) is 24.0 Å². The van der Waals surface area contributed by atoms with Crippen molar-refractivity contribution < 1.29 is 4.74 Å². The zero-order valence-corrected chi connectivity index (χ0v) is 17.5. The van der Waals surface area contributed by atoms with Gasteiger partial charge in [-0.3, -0.25) is 4.99 Å². The lowest BCUT2D eigenvalue weighted by atomic mass is 10.1. The smallest absolute Gasteiger partial charge is 0.193 e. The fourth-order valence-electron chi connectivity index (χ4n) is 2.27. The fraction of sp³-hybridized carbons (Fsp3) is 0.350. The van der Waals surface area contributed by atoms with Gasteiger partial charge in [0, 0.05) is 12.2 Å². The number of aryl methyl sites for hydroxylation is 2. The third kappa shape index (κ3) is 7.88. The number of benzene rings is 2. The van der Waals surface area contributed by atoms with E-state index in [0.29, 0.717) is 31.6 Å². The average Bonchev–Trinajstić information content (AvgIpc) is 2.57. The van der Waals surface area contributed by atoms with Gasteiger partial charge in [0.2, 0.25) is 0 Å². The Morgan fingerprint density at radius 1 is 1.12 bits per heavy atom. The molecule has 0 amide bonds. The van der Waals surface area contributed by atoms with Gasteiger partial charge in [0.1, 0.15) is 0 Å². The first-order chi connectivity index (χ1) is 11.5. The molecule has 0 aliphatic rings. The molecule has 0 heterocycles. The zero-order valence-electron chi connectivity index (χ0n) is 15.2. The highest BCUT2D eigenvalue weighted by Crippen LogP contribution is 2.13. The third-order valence-corrected chi connectivity index (χ3v) is 3.87. The number of rotatable bonds is 7. The zero-order chi connectivity index (χ0) is 17.4. The number of halogens is 1. The van der Waals surface area contributed by atoms with Gasteiger partial charge in [-0.2, -0.15) is 0 Å². The molecule has 1 atom stereocenters. The Morgan fingerprint density at radius 3 is 2.52 bits per heavy atom. The van der Waals surface area contributed by atoms with Crippen LogP contribution in [0.25, 0.3) is 0 Å². The first-order valence-electron chi connectivity index (χ1n) is 8.30. The van der Waals surface area contributed by atoms with Crippen LogP contribution in [0, 0.1) is 19.8 Å². The fourth-order valence-corrected chi connectivity index (χ4v) is 2.27. The van der Waals surface area contributed by atoms with Gasteiger partial charge < -0.3 is 15.8 Å². The molecule has 2 aromatic carbocycles. The number of ether oxygens (including phenoxy) is 1. The largest absolute Gasteiger partial charge is 0.376 e. The summed E-state index contributed by atoms with van der Waals surface area (Å²) in [5, 5.41) is 3.13. The van der Waals surface area contributed by atoms with Gasteiger partial charge in [-0.1, -0.05) is 43.3 Å². The van der Waals surface area contributed by atoms with Crippen molar-refractivity contribution in [2.75, 3.05) is 18.5 Å². The van der Waals surface area contributed by atoms with Crippen LogP contribution in [0.2, 0.25) is 0 Å². The molecule has 3 N–H and O–H groups in total. The van der Waals surface area contributed by atoms with E-state index in [1.165, 1.54) is 16.7 Å². The van der Waals surface area contributed by atoms with Gasteiger partial charge in [0.25, 0.3) is 0 Å². The lowest BCUT2D eigenvalue weighted by Crippen LogP contribution is -2.24. The van der Waals surface area contributed by atoms with Crippen molar-refractivity contribution in [3.63, 3.8) is 0 Å². The van der Waals surface area contributed by atoms with Crippen molar-refractivity contribution in [3.8, 4) is 0 Å². The van der Waals surface area contributed by atoms with Crippen molar-refractivity contribution in [3.05, 3.63) is 65.2 Å². The van der Waals surface area contributed by atoms with Crippen molar-refractivity contribution in [2.24, 2.45) is 16.6 Å². The van der Waals surface area contributed by atoms with Gasteiger partial charge >= 0.3 is 0 Å². The average molecular weight is 453 g/mol. The summed E-state index contributed by atoms with van der Waals surface area (Å²) < 4.78 is 5.73. The SMILES string of the molecule is Cc1ccc(NC(N)=NCC(C)COCc2ccccc2)cc1C.I. The van der Waals surface area contributed by atoms with Crippen LogP contribution >= 0.6 is 24.0 Å². The van der Waals surface area contributed by atoms with Crippen LogP contribution in [0.15, 0.2) is 53.5 Å². The number of nitrogens with two attached hydrogens (primary N) is 1. The number of aliphatic imine (C=N–C) groups is 1. The predicted octanol–water partition coefficient (Wildman–Crippen LogP) is 4.50. The molecular formula is C20H28IN3O. The summed E-state index contributed by atoms with van der Waals surface area (Å²) in [6.45, 7) is 8.21. The van der Waals surface area contributed by atoms with E-state index in [9.17, 15) is 0 Å². The predicted molar refractivity (Wildman–Crippen MR) is 117 cm³/mol. The van der Waals surface area contributed by atoms with Crippen molar-refractivity contribution in [2.45, 2.75) is 27.4 Å². The Labute approximate surface area is 167 Å². The molecule has 2 rings (SSSR count). The van der Waals surface area contributed by atoms with Crippen molar-refractivity contribution in [1.29, 1.82) is 0 Å². The van der Waals surface area contributed by atoms with Crippen LogP contribution in [0.5, 0.6) is 0 Å². The summed E-state index contributed by atoms with van der Waals surface area (Å²) in [6, 6.07) is 16.3. The van der Waals surface area contributed by atoms with Gasteiger partial charge in [0.05, 0.1) is 13.2 Å². The summed E-state index contributed by atoms with van der Waals surface area (Å²) in [6.07, 6.45) is 0. The van der Waals surface area contributed by atoms with E-state index in [4.69, 9.17) is 10.5 Å². The summed E-state index contributed by atoms with van der Waals surface area (Å²) in [5.41, 5.74) is 10.6. The number of guanidine groups is 1. The standard InChI is InChI=1S/C20H27N3O.HI/c1-15(13-24-14-18-7-5-4-6-8-18)12-22-20(21)23-19-10-9-16(2)17(3)11-19;/h4-11,15H,12-14H2,1-3H3,(H3,21,22,23);1H. The molecule has 0 fully saturated rings. The molecule has 0 aliphatic heterocycles. The van der Waals surface area contributed by atoms with Crippen molar-refractivity contribution in [1.82, 2.24) is 0 Å². The number of anilines is 1. The Bertz CT molecular complexity index is 674. The van der Waals surface area contributed by atoms with Crippen LogP contribution in [-0.4, -0.2) is 19.1 Å². The minimum atomic E-state index is 0. The summed E-state index contributed by atoms with van der Waals surface area (Å²) >= 11 is 0. The molecule has 25 heavy (non-hydrogen) atoms. The Balaban J connectivity index is 0.00000312. The molecule has 5 heteroatoms. The molecule has 1 unspecified atom stereocenters. The second kappa shape index (κ2) is 11.1. The van der Waals surface area contributed by atoms with Gasteiger partial charge in [-0.25, -0.2) is 0 Å². The summed E-state index contributed by atoms with van der Waals surface area (Å²) in [5.74, 6) is 0.752. The van der Waals surface area contributed by atoms with Crippen LogP contribution in [0.4, 0.5) is 5.69 Å². The highest BCUT2D eigenvalue weighted by molar-refractivity contribution is 14.0. The highest BCUT2D eigenvalue weighted by Gasteiger charge is 2.03. The maximum Gasteiger partial charge on any atom is 0.193 e. The van der Waals surface area contributed by atoms with Crippen LogP contribution < -0.4 is 11.1 Å². The molecule has 0 saturated heterocycles. The first-order valence-corrected chi connectivity index (χ1v) is 8.30. The lowest BCUT2D eigenvalue weighted by Gasteiger charge is -2.11. The van der Waals surface area contributed by atoms with Gasteiger partial charge in [-0.05, 0) is 48.6 Å². The highest BCUT2D eigenvalue weighted by atomic mass is 127. The van der Waals surface area contributed by atoms with E-state index >= 15 is 0 Å². The molecule has 0 aromatic heterocycles. The monoisotopic (exact) mass is 453 g/mol. The molecule has 2 aromatic rings. The quantitative estimate of drug-likeness (QED) is 0.369. The molecular weight excluding hydrogens is 425 g/mol. The van der Waals surface area contributed by atoms with Gasteiger partial charge in [-0.15, -0.1) is 24.0 Å².